The van der Waals surface area contributed by atoms with Gasteiger partial charge in [0.05, 0.1) is 6.04 Å². The third kappa shape index (κ3) is 5.97. The van der Waals surface area contributed by atoms with Gasteiger partial charge in [-0.15, -0.1) is 12.4 Å². The first-order valence-electron chi connectivity index (χ1n) is 6.83. The molecular formula is C16H26BrClN2O. The lowest BCUT2D eigenvalue weighted by molar-refractivity contribution is -0.124. The molecule has 0 saturated carbocycles. The highest BCUT2D eigenvalue weighted by Crippen LogP contribution is 2.24. The minimum atomic E-state index is -0.497. The number of hydrogen-bond donors (Lipinski definition) is 2. The molecule has 1 aromatic carbocycles. The molecule has 0 aromatic heterocycles. The van der Waals surface area contributed by atoms with Crippen LogP contribution < -0.4 is 11.1 Å². The zero-order valence-electron chi connectivity index (χ0n) is 13.4. The van der Waals surface area contributed by atoms with Gasteiger partial charge in [-0.3, -0.25) is 4.79 Å². The van der Waals surface area contributed by atoms with Crippen molar-refractivity contribution in [3.63, 3.8) is 0 Å². The Balaban J connectivity index is 0.00000400. The highest BCUT2D eigenvalue weighted by molar-refractivity contribution is 9.10. The number of carbonyl (C=O) groups is 1. The predicted octanol–water partition coefficient (Wildman–Crippen LogP) is 3.64. The van der Waals surface area contributed by atoms with Crippen molar-refractivity contribution in [1.82, 2.24) is 5.32 Å². The standard InChI is InChI=1S/C16H25BrN2O.ClH/c1-15(2,3)13(18)14(20)19-10-16(4,5)11-6-8-12(17)9-7-11;/h6-9,13H,10,18H2,1-5H3,(H,19,20);1H/t13-;/m1./s1. The van der Waals surface area contributed by atoms with Gasteiger partial charge in [0.15, 0.2) is 0 Å². The molecule has 0 bridgehead atoms. The molecule has 0 aliphatic heterocycles. The fourth-order valence-electron chi connectivity index (χ4n) is 1.81. The van der Waals surface area contributed by atoms with Crippen LogP contribution in [-0.2, 0) is 10.2 Å². The van der Waals surface area contributed by atoms with Crippen LogP contribution in [0.2, 0.25) is 0 Å². The molecule has 0 fully saturated rings. The van der Waals surface area contributed by atoms with E-state index in [1.807, 2.05) is 32.9 Å². The topological polar surface area (TPSA) is 55.1 Å². The fourth-order valence-corrected chi connectivity index (χ4v) is 2.08. The molecule has 3 N–H and O–H groups in total. The summed E-state index contributed by atoms with van der Waals surface area (Å²) in [6.07, 6.45) is 0. The average Bonchev–Trinajstić information content (AvgIpc) is 2.34. The first-order valence-corrected chi connectivity index (χ1v) is 7.63. The lowest BCUT2D eigenvalue weighted by Gasteiger charge is -2.30. The fraction of sp³-hybridized carbons (Fsp3) is 0.562. The van der Waals surface area contributed by atoms with Crippen molar-refractivity contribution in [2.45, 2.75) is 46.1 Å². The molecular weight excluding hydrogens is 352 g/mol. The molecule has 3 nitrogen and oxygen atoms in total. The second-order valence-electron chi connectivity index (χ2n) is 6.95. The minimum absolute atomic E-state index is 0. The second-order valence-corrected chi connectivity index (χ2v) is 7.87. The van der Waals surface area contributed by atoms with Crippen LogP contribution >= 0.6 is 28.3 Å². The highest BCUT2D eigenvalue weighted by atomic mass is 79.9. The quantitative estimate of drug-likeness (QED) is 0.841. The molecule has 21 heavy (non-hydrogen) atoms. The summed E-state index contributed by atoms with van der Waals surface area (Å²) >= 11 is 3.43. The molecule has 1 amide bonds. The van der Waals surface area contributed by atoms with Crippen molar-refractivity contribution >= 4 is 34.2 Å². The van der Waals surface area contributed by atoms with Crippen LogP contribution in [0, 0.1) is 5.41 Å². The molecule has 0 radical (unpaired) electrons. The molecule has 0 saturated heterocycles. The maximum Gasteiger partial charge on any atom is 0.237 e. The van der Waals surface area contributed by atoms with Crippen LogP contribution in [0.3, 0.4) is 0 Å². The van der Waals surface area contributed by atoms with Gasteiger partial charge in [0.1, 0.15) is 0 Å². The second kappa shape index (κ2) is 7.61. The third-order valence-electron chi connectivity index (χ3n) is 3.55. The van der Waals surface area contributed by atoms with E-state index in [2.05, 4.69) is 47.2 Å². The van der Waals surface area contributed by atoms with Gasteiger partial charge in [-0.2, -0.15) is 0 Å². The van der Waals surface area contributed by atoms with E-state index in [1.54, 1.807) is 0 Å². The van der Waals surface area contributed by atoms with Gasteiger partial charge < -0.3 is 11.1 Å². The lowest BCUT2D eigenvalue weighted by atomic mass is 9.83. The number of nitrogens with two attached hydrogens (primary N) is 1. The predicted molar refractivity (Wildman–Crippen MR) is 94.9 cm³/mol. The Morgan fingerprint density at radius 2 is 1.67 bits per heavy atom. The first kappa shape index (κ1) is 20.4. The van der Waals surface area contributed by atoms with Gasteiger partial charge in [0, 0.05) is 16.4 Å². The monoisotopic (exact) mass is 376 g/mol. The van der Waals surface area contributed by atoms with E-state index in [9.17, 15) is 4.79 Å². The Labute approximate surface area is 142 Å². The summed E-state index contributed by atoms with van der Waals surface area (Å²) in [5.74, 6) is -0.0947. The summed E-state index contributed by atoms with van der Waals surface area (Å²) in [4.78, 5) is 12.1. The molecule has 1 rings (SSSR count). The molecule has 0 spiro atoms. The normalized spacial score (nSPS) is 13.3. The molecule has 1 atom stereocenters. The summed E-state index contributed by atoms with van der Waals surface area (Å²) in [5, 5.41) is 2.97. The number of amides is 1. The van der Waals surface area contributed by atoms with Gasteiger partial charge in [0.2, 0.25) is 5.91 Å². The molecule has 0 aliphatic rings. The van der Waals surface area contributed by atoms with Gasteiger partial charge >= 0.3 is 0 Å². The van der Waals surface area contributed by atoms with E-state index >= 15 is 0 Å². The van der Waals surface area contributed by atoms with E-state index in [0.717, 1.165) is 4.47 Å². The average molecular weight is 378 g/mol. The van der Waals surface area contributed by atoms with Crippen LogP contribution in [-0.4, -0.2) is 18.5 Å². The van der Waals surface area contributed by atoms with E-state index < -0.39 is 6.04 Å². The highest BCUT2D eigenvalue weighted by Gasteiger charge is 2.29. The Kier molecular flexibility index (Phi) is 7.40. The first-order chi connectivity index (χ1) is 9.04. The van der Waals surface area contributed by atoms with Crippen molar-refractivity contribution in [2.75, 3.05) is 6.54 Å². The Bertz CT molecular complexity index is 466. The summed E-state index contributed by atoms with van der Waals surface area (Å²) in [7, 11) is 0. The molecule has 0 heterocycles. The van der Waals surface area contributed by atoms with Gasteiger partial charge in [0.25, 0.3) is 0 Å². The Hall–Kier alpha value is -0.580. The number of hydrogen-bond acceptors (Lipinski definition) is 2. The van der Waals surface area contributed by atoms with E-state index in [-0.39, 0.29) is 29.1 Å². The zero-order chi connectivity index (χ0) is 15.6. The van der Waals surface area contributed by atoms with Crippen molar-refractivity contribution in [1.29, 1.82) is 0 Å². The van der Waals surface area contributed by atoms with Crippen molar-refractivity contribution in [2.24, 2.45) is 11.1 Å². The van der Waals surface area contributed by atoms with Crippen LogP contribution in [0.15, 0.2) is 28.7 Å². The maximum atomic E-state index is 12.1. The summed E-state index contributed by atoms with van der Waals surface area (Å²) in [5.41, 5.74) is 6.79. The minimum Gasteiger partial charge on any atom is -0.354 e. The molecule has 5 heteroatoms. The number of nitrogens with one attached hydrogen (secondary N) is 1. The van der Waals surface area contributed by atoms with E-state index in [1.165, 1.54) is 5.56 Å². The zero-order valence-corrected chi connectivity index (χ0v) is 15.8. The van der Waals surface area contributed by atoms with E-state index in [4.69, 9.17) is 5.73 Å². The lowest BCUT2D eigenvalue weighted by Crippen LogP contribution is -2.50. The summed E-state index contributed by atoms with van der Waals surface area (Å²) in [6, 6.07) is 7.67. The summed E-state index contributed by atoms with van der Waals surface area (Å²) in [6.45, 7) is 10.7. The summed E-state index contributed by atoms with van der Waals surface area (Å²) < 4.78 is 1.05. The van der Waals surface area contributed by atoms with Crippen molar-refractivity contribution < 1.29 is 4.79 Å². The van der Waals surface area contributed by atoms with Crippen molar-refractivity contribution in [3.05, 3.63) is 34.3 Å². The maximum absolute atomic E-state index is 12.1. The van der Waals surface area contributed by atoms with Gasteiger partial charge in [-0.05, 0) is 23.1 Å². The van der Waals surface area contributed by atoms with Gasteiger partial charge in [-0.1, -0.05) is 62.7 Å². The number of benzene rings is 1. The smallest absolute Gasteiger partial charge is 0.237 e. The van der Waals surface area contributed by atoms with Crippen LogP contribution in [0.25, 0.3) is 0 Å². The molecule has 0 aliphatic carbocycles. The van der Waals surface area contributed by atoms with Crippen LogP contribution in [0.1, 0.15) is 40.2 Å². The van der Waals surface area contributed by atoms with E-state index in [0.29, 0.717) is 6.54 Å². The SMILES string of the molecule is CC(C)(CNC(=O)[C@@H](N)C(C)(C)C)c1ccc(Br)cc1.Cl. The largest absolute Gasteiger partial charge is 0.354 e. The molecule has 120 valence electrons. The van der Waals surface area contributed by atoms with Crippen molar-refractivity contribution in [3.8, 4) is 0 Å². The number of halogens is 2. The Morgan fingerprint density at radius 1 is 1.19 bits per heavy atom. The Morgan fingerprint density at radius 3 is 2.10 bits per heavy atom. The molecule has 1 aromatic rings. The number of rotatable bonds is 4. The molecule has 0 unspecified atom stereocenters. The van der Waals surface area contributed by atoms with Crippen LogP contribution in [0.4, 0.5) is 0 Å². The number of carbonyl (C=O) groups excluding carboxylic acids is 1. The van der Waals surface area contributed by atoms with Gasteiger partial charge in [-0.25, -0.2) is 0 Å². The van der Waals surface area contributed by atoms with Crippen LogP contribution in [0.5, 0.6) is 0 Å². The third-order valence-corrected chi connectivity index (χ3v) is 4.07.